The predicted molar refractivity (Wildman–Crippen MR) is 67.5 cm³/mol. The Labute approximate surface area is 96.9 Å². The van der Waals surface area contributed by atoms with Gasteiger partial charge in [0.2, 0.25) is 0 Å². The second-order valence-electron chi connectivity index (χ2n) is 4.53. The van der Waals surface area contributed by atoms with Crippen molar-refractivity contribution in [3.63, 3.8) is 0 Å². The average molecular weight is 218 g/mol. The van der Waals surface area contributed by atoms with E-state index in [9.17, 15) is 0 Å². The van der Waals surface area contributed by atoms with Gasteiger partial charge in [-0.25, -0.2) is 5.43 Å². The predicted octanol–water partition coefficient (Wildman–Crippen LogP) is 0.801. The average Bonchev–Trinajstić information content (AvgIpc) is 2.68. The van der Waals surface area contributed by atoms with Crippen LogP contribution in [0, 0.1) is 20.8 Å². The maximum atomic E-state index is 3.32. The van der Waals surface area contributed by atoms with Gasteiger partial charge in [0.05, 0.1) is 18.7 Å². The first-order valence-corrected chi connectivity index (χ1v) is 5.86. The van der Waals surface area contributed by atoms with Gasteiger partial charge in [-0.1, -0.05) is 17.7 Å². The Morgan fingerprint density at radius 3 is 2.31 bits per heavy atom. The van der Waals surface area contributed by atoms with Crippen LogP contribution < -0.4 is 15.8 Å². The van der Waals surface area contributed by atoms with E-state index in [0.717, 1.165) is 13.0 Å². The van der Waals surface area contributed by atoms with Crippen molar-refractivity contribution >= 4 is 11.5 Å². The largest absolute Gasteiger partial charge is 0.277 e. The van der Waals surface area contributed by atoms with Gasteiger partial charge in [-0.05, 0) is 38.3 Å². The molecular weight excluding hydrogens is 198 g/mol. The maximum absolute atomic E-state index is 3.32. The fourth-order valence-electron chi connectivity index (χ4n) is 2.21. The molecule has 0 unspecified atom stereocenters. The van der Waals surface area contributed by atoms with Gasteiger partial charge >= 0.3 is 0 Å². The molecule has 2 rings (SSSR count). The molecule has 0 radical (unpaired) electrons. The lowest BCUT2D eigenvalue weighted by molar-refractivity contribution is -0.449. The molecule has 16 heavy (non-hydrogen) atoms. The van der Waals surface area contributed by atoms with Crippen molar-refractivity contribution in [1.82, 2.24) is 5.43 Å². The Hall–Kier alpha value is -1.51. The lowest BCUT2D eigenvalue weighted by Gasteiger charge is -2.11. The van der Waals surface area contributed by atoms with Crippen LogP contribution in [-0.4, -0.2) is 12.4 Å². The van der Waals surface area contributed by atoms with Crippen LogP contribution in [0.25, 0.3) is 0 Å². The lowest BCUT2D eigenvalue weighted by atomic mass is 10.1. The number of nitrogens with one attached hydrogen (secondary N) is 3. The summed E-state index contributed by atoms with van der Waals surface area (Å²) in [6.07, 6.45) is 2.33. The SMILES string of the molecule is Cc1cc(C)c(NNC2=[NH+]CCC2)c(C)c1. The van der Waals surface area contributed by atoms with E-state index in [4.69, 9.17) is 0 Å². The molecule has 0 fully saturated rings. The van der Waals surface area contributed by atoms with E-state index >= 15 is 0 Å². The van der Waals surface area contributed by atoms with Gasteiger partial charge in [0.1, 0.15) is 0 Å². The Morgan fingerprint density at radius 1 is 1.06 bits per heavy atom. The Balaban J connectivity index is 2.09. The molecule has 1 aromatic rings. The minimum atomic E-state index is 1.08. The van der Waals surface area contributed by atoms with Gasteiger partial charge in [-0.2, -0.15) is 5.43 Å². The molecular formula is C13H20N3+. The molecule has 3 nitrogen and oxygen atoms in total. The topological polar surface area (TPSA) is 38.0 Å². The zero-order valence-corrected chi connectivity index (χ0v) is 10.3. The lowest BCUT2D eigenvalue weighted by Crippen LogP contribution is -2.72. The molecule has 1 aromatic carbocycles. The summed E-state index contributed by atoms with van der Waals surface area (Å²) in [7, 11) is 0. The highest BCUT2D eigenvalue weighted by molar-refractivity contribution is 5.79. The second kappa shape index (κ2) is 4.56. The normalized spacial score (nSPS) is 14.8. The van der Waals surface area contributed by atoms with Gasteiger partial charge in [0.25, 0.3) is 5.84 Å². The molecule has 1 aliphatic rings. The molecule has 0 spiro atoms. The third kappa shape index (κ3) is 2.35. The van der Waals surface area contributed by atoms with E-state index in [-0.39, 0.29) is 0 Å². The highest BCUT2D eigenvalue weighted by Gasteiger charge is 2.13. The number of aryl methyl sites for hydroxylation is 3. The van der Waals surface area contributed by atoms with E-state index in [0.29, 0.717) is 0 Å². The van der Waals surface area contributed by atoms with Crippen LogP contribution in [0.15, 0.2) is 12.1 Å². The highest BCUT2D eigenvalue weighted by Crippen LogP contribution is 2.20. The number of hydrazine groups is 1. The highest BCUT2D eigenvalue weighted by atomic mass is 15.4. The Kier molecular flexibility index (Phi) is 3.13. The van der Waals surface area contributed by atoms with Crippen molar-refractivity contribution < 1.29 is 4.99 Å². The van der Waals surface area contributed by atoms with Crippen molar-refractivity contribution in [3.05, 3.63) is 28.8 Å². The van der Waals surface area contributed by atoms with Crippen molar-refractivity contribution in [1.29, 1.82) is 0 Å². The van der Waals surface area contributed by atoms with E-state index in [1.54, 1.807) is 0 Å². The fraction of sp³-hybridized carbons (Fsp3) is 0.462. The van der Waals surface area contributed by atoms with Gasteiger partial charge < -0.3 is 0 Å². The molecule has 0 amide bonds. The van der Waals surface area contributed by atoms with Crippen LogP contribution in [-0.2, 0) is 0 Å². The summed E-state index contributed by atoms with van der Waals surface area (Å²) in [4.78, 5) is 3.32. The fourth-order valence-corrected chi connectivity index (χ4v) is 2.21. The third-order valence-corrected chi connectivity index (χ3v) is 2.96. The van der Waals surface area contributed by atoms with Crippen LogP contribution >= 0.6 is 0 Å². The minimum Gasteiger partial charge on any atom is -0.277 e. The maximum Gasteiger partial charge on any atom is 0.265 e. The summed E-state index contributed by atoms with van der Waals surface area (Å²) in [6, 6.07) is 4.40. The summed E-state index contributed by atoms with van der Waals surface area (Å²) in [5, 5.41) is 0. The van der Waals surface area contributed by atoms with E-state index in [1.165, 1.54) is 34.6 Å². The van der Waals surface area contributed by atoms with Gasteiger partial charge in [-0.15, -0.1) is 0 Å². The van der Waals surface area contributed by atoms with E-state index < -0.39 is 0 Å². The van der Waals surface area contributed by atoms with Crippen molar-refractivity contribution in [2.75, 3.05) is 12.0 Å². The van der Waals surface area contributed by atoms with Crippen molar-refractivity contribution in [3.8, 4) is 0 Å². The number of hydrogen-bond donors (Lipinski definition) is 3. The Bertz CT molecular complexity index is 398. The molecule has 0 bridgehead atoms. The van der Waals surface area contributed by atoms with Crippen LogP contribution in [0.4, 0.5) is 5.69 Å². The van der Waals surface area contributed by atoms with Crippen molar-refractivity contribution in [2.24, 2.45) is 0 Å². The minimum absolute atomic E-state index is 1.08. The van der Waals surface area contributed by atoms with Crippen molar-refractivity contribution in [2.45, 2.75) is 33.6 Å². The van der Waals surface area contributed by atoms with E-state index in [2.05, 4.69) is 48.7 Å². The Morgan fingerprint density at radius 2 is 1.75 bits per heavy atom. The zero-order valence-electron chi connectivity index (χ0n) is 10.3. The van der Waals surface area contributed by atoms with Gasteiger partial charge in [0.15, 0.2) is 0 Å². The number of benzene rings is 1. The summed E-state index contributed by atoms with van der Waals surface area (Å²) < 4.78 is 0. The zero-order chi connectivity index (χ0) is 11.5. The van der Waals surface area contributed by atoms with Gasteiger partial charge in [0, 0.05) is 0 Å². The van der Waals surface area contributed by atoms with Crippen LogP contribution in [0.1, 0.15) is 29.5 Å². The summed E-state index contributed by atoms with van der Waals surface area (Å²) in [6.45, 7) is 7.48. The molecule has 3 N–H and O–H groups in total. The number of amidine groups is 1. The second-order valence-corrected chi connectivity index (χ2v) is 4.53. The molecule has 0 saturated heterocycles. The quantitative estimate of drug-likeness (QED) is 0.642. The number of anilines is 1. The third-order valence-electron chi connectivity index (χ3n) is 2.96. The summed E-state index contributed by atoms with van der Waals surface area (Å²) in [5.41, 5.74) is 11.6. The summed E-state index contributed by atoms with van der Waals surface area (Å²) in [5.74, 6) is 1.19. The molecule has 3 heteroatoms. The van der Waals surface area contributed by atoms with Crippen LogP contribution in [0.3, 0.4) is 0 Å². The first kappa shape index (κ1) is 11.0. The molecule has 0 aliphatic carbocycles. The molecule has 1 heterocycles. The number of hydrogen-bond acceptors (Lipinski definition) is 2. The monoisotopic (exact) mass is 218 g/mol. The standard InChI is InChI=1S/C13H19N3/c1-9-7-10(2)13(11(3)8-9)16-15-12-5-4-6-14-12/h7-8,16H,4-6H2,1-3H3,(H,14,15)/p+1. The first-order valence-electron chi connectivity index (χ1n) is 5.86. The van der Waals surface area contributed by atoms with E-state index in [1.807, 2.05) is 0 Å². The van der Waals surface area contributed by atoms with Gasteiger partial charge in [-0.3, -0.25) is 4.99 Å². The summed E-state index contributed by atoms with van der Waals surface area (Å²) >= 11 is 0. The molecule has 0 atom stereocenters. The molecule has 0 saturated carbocycles. The molecule has 0 aromatic heterocycles. The molecule has 1 aliphatic heterocycles. The number of rotatable bonds is 2. The smallest absolute Gasteiger partial charge is 0.265 e. The van der Waals surface area contributed by atoms with Crippen LogP contribution in [0.2, 0.25) is 0 Å². The molecule has 86 valence electrons. The first-order chi connectivity index (χ1) is 7.66. The van der Waals surface area contributed by atoms with Crippen LogP contribution in [0.5, 0.6) is 0 Å².